The lowest BCUT2D eigenvalue weighted by atomic mass is 9.77. The molecule has 0 bridgehead atoms. The highest BCUT2D eigenvalue weighted by molar-refractivity contribution is 6.00. The number of piperidine rings is 1. The lowest BCUT2D eigenvalue weighted by Crippen LogP contribution is -2.46. The standard InChI is InChI=1S/C23H27N3O3/c1-25-13-10-23(22(25)28)11-14-26(15-12-23)21(27)19-8-3-4-9-20(19)24-17-6-5-7-18(16-17)29-2/h3-9,16,24H,10-15H2,1-2H3. The first-order valence-corrected chi connectivity index (χ1v) is 10.1. The quantitative estimate of drug-likeness (QED) is 0.863. The second-order valence-corrected chi connectivity index (χ2v) is 7.95. The Hall–Kier alpha value is -3.02. The van der Waals surface area contributed by atoms with E-state index in [4.69, 9.17) is 4.74 Å². The van der Waals surface area contributed by atoms with Crippen molar-refractivity contribution >= 4 is 23.2 Å². The van der Waals surface area contributed by atoms with Crippen LogP contribution < -0.4 is 10.1 Å². The molecule has 29 heavy (non-hydrogen) atoms. The van der Waals surface area contributed by atoms with Gasteiger partial charge in [-0.1, -0.05) is 18.2 Å². The number of carbonyl (C=O) groups excluding carboxylic acids is 2. The minimum absolute atomic E-state index is 0.00430. The SMILES string of the molecule is COc1cccc(Nc2ccccc2C(=O)N2CCC3(CCN(C)C3=O)CC2)c1. The number of carbonyl (C=O) groups is 2. The van der Waals surface area contributed by atoms with Crippen LogP contribution in [0.2, 0.25) is 0 Å². The zero-order chi connectivity index (χ0) is 20.4. The fourth-order valence-corrected chi connectivity index (χ4v) is 4.40. The van der Waals surface area contributed by atoms with E-state index in [0.29, 0.717) is 18.7 Å². The Morgan fingerprint density at radius 1 is 1.03 bits per heavy atom. The smallest absolute Gasteiger partial charge is 0.255 e. The monoisotopic (exact) mass is 393 g/mol. The Bertz CT molecular complexity index is 919. The Labute approximate surface area is 171 Å². The lowest BCUT2D eigenvalue weighted by Gasteiger charge is -2.38. The zero-order valence-corrected chi connectivity index (χ0v) is 17.0. The predicted octanol–water partition coefficient (Wildman–Crippen LogP) is 3.52. The van der Waals surface area contributed by atoms with Crippen molar-refractivity contribution in [1.29, 1.82) is 0 Å². The Kier molecular flexibility index (Phi) is 5.18. The molecule has 2 amide bonds. The van der Waals surface area contributed by atoms with Crippen LogP contribution in [0.15, 0.2) is 48.5 Å². The second kappa shape index (κ2) is 7.78. The first-order chi connectivity index (χ1) is 14.0. The molecule has 0 aromatic heterocycles. The number of amides is 2. The maximum atomic E-state index is 13.2. The van der Waals surface area contributed by atoms with Gasteiger partial charge in [-0.15, -0.1) is 0 Å². The molecule has 0 unspecified atom stereocenters. The van der Waals surface area contributed by atoms with Crippen LogP contribution in [0.5, 0.6) is 5.75 Å². The minimum atomic E-state index is -0.260. The van der Waals surface area contributed by atoms with Crippen molar-refractivity contribution in [1.82, 2.24) is 9.80 Å². The molecular formula is C23H27N3O3. The number of ether oxygens (including phenoxy) is 1. The number of methoxy groups -OCH3 is 1. The molecule has 152 valence electrons. The summed E-state index contributed by atoms with van der Waals surface area (Å²) >= 11 is 0. The van der Waals surface area contributed by atoms with Crippen LogP contribution in [0, 0.1) is 5.41 Å². The van der Waals surface area contributed by atoms with Gasteiger partial charge in [-0.2, -0.15) is 0 Å². The molecule has 2 fully saturated rings. The predicted molar refractivity (Wildman–Crippen MR) is 113 cm³/mol. The molecule has 0 atom stereocenters. The van der Waals surface area contributed by atoms with E-state index in [-0.39, 0.29) is 17.2 Å². The van der Waals surface area contributed by atoms with Crippen LogP contribution in [-0.4, -0.2) is 55.4 Å². The molecule has 6 nitrogen and oxygen atoms in total. The van der Waals surface area contributed by atoms with E-state index in [0.717, 1.165) is 42.9 Å². The summed E-state index contributed by atoms with van der Waals surface area (Å²) in [5.74, 6) is 1.00. The molecule has 4 rings (SSSR count). The van der Waals surface area contributed by atoms with Gasteiger partial charge in [0.2, 0.25) is 5.91 Å². The maximum absolute atomic E-state index is 13.2. The molecule has 2 aliphatic heterocycles. The highest BCUT2D eigenvalue weighted by Gasteiger charge is 2.47. The van der Waals surface area contributed by atoms with Gasteiger partial charge < -0.3 is 19.9 Å². The van der Waals surface area contributed by atoms with Gasteiger partial charge in [0.1, 0.15) is 5.75 Å². The molecule has 2 heterocycles. The van der Waals surface area contributed by atoms with Gasteiger partial charge in [-0.25, -0.2) is 0 Å². The fourth-order valence-electron chi connectivity index (χ4n) is 4.40. The Morgan fingerprint density at radius 3 is 2.45 bits per heavy atom. The summed E-state index contributed by atoms with van der Waals surface area (Å²) in [6, 6.07) is 15.2. The maximum Gasteiger partial charge on any atom is 0.255 e. The number of para-hydroxylation sites is 1. The van der Waals surface area contributed by atoms with Crippen LogP contribution in [0.4, 0.5) is 11.4 Å². The van der Waals surface area contributed by atoms with Gasteiger partial charge in [0.15, 0.2) is 0 Å². The van der Waals surface area contributed by atoms with Crippen LogP contribution in [0.25, 0.3) is 0 Å². The summed E-state index contributed by atoms with van der Waals surface area (Å²) in [7, 11) is 3.50. The number of nitrogens with zero attached hydrogens (tertiary/aromatic N) is 2. The summed E-state index contributed by atoms with van der Waals surface area (Å²) in [5.41, 5.74) is 2.01. The van der Waals surface area contributed by atoms with E-state index in [1.807, 2.05) is 65.4 Å². The van der Waals surface area contributed by atoms with Crippen LogP contribution in [-0.2, 0) is 4.79 Å². The normalized spacial score (nSPS) is 18.2. The van der Waals surface area contributed by atoms with E-state index in [1.165, 1.54) is 0 Å². The van der Waals surface area contributed by atoms with Gasteiger partial charge in [0.25, 0.3) is 5.91 Å². The third kappa shape index (κ3) is 3.67. The topological polar surface area (TPSA) is 61.9 Å². The van der Waals surface area contributed by atoms with Gasteiger partial charge in [0.05, 0.1) is 23.8 Å². The molecule has 0 saturated carbocycles. The first kappa shape index (κ1) is 19.3. The average molecular weight is 393 g/mol. The molecule has 1 N–H and O–H groups in total. The molecule has 0 radical (unpaired) electrons. The zero-order valence-electron chi connectivity index (χ0n) is 17.0. The summed E-state index contributed by atoms with van der Waals surface area (Å²) in [6.45, 7) is 2.05. The van der Waals surface area contributed by atoms with Crippen LogP contribution in [0.1, 0.15) is 29.6 Å². The number of rotatable bonds is 4. The third-order valence-electron chi connectivity index (χ3n) is 6.24. The number of hydrogen-bond donors (Lipinski definition) is 1. The molecule has 2 saturated heterocycles. The summed E-state index contributed by atoms with van der Waals surface area (Å²) in [4.78, 5) is 29.5. The van der Waals surface area contributed by atoms with E-state index in [1.54, 1.807) is 7.11 Å². The highest BCUT2D eigenvalue weighted by Crippen LogP contribution is 2.41. The lowest BCUT2D eigenvalue weighted by molar-refractivity contribution is -0.137. The van der Waals surface area contributed by atoms with Gasteiger partial charge in [-0.3, -0.25) is 9.59 Å². The Morgan fingerprint density at radius 2 is 1.76 bits per heavy atom. The van der Waals surface area contributed by atoms with E-state index < -0.39 is 0 Å². The third-order valence-corrected chi connectivity index (χ3v) is 6.24. The molecular weight excluding hydrogens is 366 g/mol. The molecule has 6 heteroatoms. The average Bonchev–Trinajstić information content (AvgIpc) is 3.03. The van der Waals surface area contributed by atoms with Crippen molar-refractivity contribution in [2.75, 3.05) is 39.1 Å². The second-order valence-electron chi connectivity index (χ2n) is 7.95. The van der Waals surface area contributed by atoms with Gasteiger partial charge in [0, 0.05) is 38.4 Å². The largest absolute Gasteiger partial charge is 0.497 e. The van der Waals surface area contributed by atoms with Crippen molar-refractivity contribution < 1.29 is 14.3 Å². The molecule has 2 aromatic carbocycles. The highest BCUT2D eigenvalue weighted by atomic mass is 16.5. The molecule has 2 aliphatic rings. The van der Waals surface area contributed by atoms with Crippen LogP contribution >= 0.6 is 0 Å². The fraction of sp³-hybridized carbons (Fsp3) is 0.391. The number of anilines is 2. The van der Waals surface area contributed by atoms with Gasteiger partial charge in [-0.05, 0) is 43.5 Å². The number of nitrogens with one attached hydrogen (secondary N) is 1. The Balaban J connectivity index is 1.49. The molecule has 1 spiro atoms. The van der Waals surface area contributed by atoms with Crippen molar-refractivity contribution in [3.63, 3.8) is 0 Å². The molecule has 2 aromatic rings. The van der Waals surface area contributed by atoms with Gasteiger partial charge >= 0.3 is 0 Å². The van der Waals surface area contributed by atoms with Crippen molar-refractivity contribution in [3.8, 4) is 5.75 Å². The summed E-state index contributed by atoms with van der Waals surface area (Å²) < 4.78 is 5.28. The van der Waals surface area contributed by atoms with E-state index in [9.17, 15) is 9.59 Å². The van der Waals surface area contributed by atoms with E-state index in [2.05, 4.69) is 5.32 Å². The number of benzene rings is 2. The summed E-state index contributed by atoms with van der Waals surface area (Å²) in [6.07, 6.45) is 2.39. The van der Waals surface area contributed by atoms with Crippen molar-refractivity contribution in [2.45, 2.75) is 19.3 Å². The van der Waals surface area contributed by atoms with Crippen LogP contribution in [0.3, 0.4) is 0 Å². The summed E-state index contributed by atoms with van der Waals surface area (Å²) in [5, 5.41) is 3.34. The van der Waals surface area contributed by atoms with E-state index >= 15 is 0 Å². The minimum Gasteiger partial charge on any atom is -0.497 e. The number of hydrogen-bond acceptors (Lipinski definition) is 4. The van der Waals surface area contributed by atoms with Crippen molar-refractivity contribution in [2.24, 2.45) is 5.41 Å². The molecule has 0 aliphatic carbocycles. The first-order valence-electron chi connectivity index (χ1n) is 10.1. The number of likely N-dealkylation sites (tertiary alicyclic amines) is 2. The van der Waals surface area contributed by atoms with Crippen molar-refractivity contribution in [3.05, 3.63) is 54.1 Å².